The zero-order chi connectivity index (χ0) is 17.0. The SMILES string of the molecule is O=Cc1ccccc1N(Nc1ccc(C(=O)O)cn1)S(=O)(=O)O. The van der Waals surface area contributed by atoms with Crippen LogP contribution in [-0.2, 0) is 10.3 Å². The molecule has 3 N–H and O–H groups in total. The molecule has 120 valence electrons. The summed E-state index contributed by atoms with van der Waals surface area (Å²) < 4.78 is 32.8. The molecule has 1 heterocycles. The zero-order valence-corrected chi connectivity index (χ0v) is 12.3. The van der Waals surface area contributed by atoms with E-state index in [1.807, 2.05) is 0 Å². The molecular formula is C13H11N3O6S. The van der Waals surface area contributed by atoms with Gasteiger partial charge in [0.05, 0.1) is 11.3 Å². The number of carboxylic acid groups (broad SMARTS) is 1. The third-order valence-electron chi connectivity index (χ3n) is 2.74. The molecule has 0 aliphatic heterocycles. The summed E-state index contributed by atoms with van der Waals surface area (Å²) in [5, 5.41) is 8.79. The minimum Gasteiger partial charge on any atom is -0.478 e. The minimum absolute atomic E-state index is 0.0137. The number of hydrogen-bond acceptors (Lipinski definition) is 6. The maximum absolute atomic E-state index is 11.6. The summed E-state index contributed by atoms with van der Waals surface area (Å²) in [7, 11) is -4.77. The number of hydrazine groups is 1. The Morgan fingerprint density at radius 2 is 1.91 bits per heavy atom. The molecule has 2 aromatic rings. The van der Waals surface area contributed by atoms with Crippen LogP contribution < -0.4 is 9.84 Å². The van der Waals surface area contributed by atoms with Gasteiger partial charge in [-0.3, -0.25) is 14.8 Å². The molecular weight excluding hydrogens is 326 g/mol. The first-order valence-electron chi connectivity index (χ1n) is 6.11. The molecule has 0 amide bonds. The van der Waals surface area contributed by atoms with E-state index in [1.165, 1.54) is 36.4 Å². The summed E-state index contributed by atoms with van der Waals surface area (Å²) in [4.78, 5) is 25.5. The Kier molecular flexibility index (Phi) is 4.57. The molecule has 0 atom stereocenters. The van der Waals surface area contributed by atoms with Gasteiger partial charge in [0.1, 0.15) is 5.82 Å². The topological polar surface area (TPSA) is 137 Å². The van der Waals surface area contributed by atoms with E-state index in [-0.39, 0.29) is 22.6 Å². The van der Waals surface area contributed by atoms with Crippen LogP contribution in [0.3, 0.4) is 0 Å². The predicted molar refractivity (Wildman–Crippen MR) is 80.7 cm³/mol. The Morgan fingerprint density at radius 3 is 2.43 bits per heavy atom. The normalized spacial score (nSPS) is 10.8. The maximum atomic E-state index is 11.6. The molecule has 2 rings (SSSR count). The largest absolute Gasteiger partial charge is 0.478 e. The lowest BCUT2D eigenvalue weighted by molar-refractivity contribution is 0.0696. The lowest BCUT2D eigenvalue weighted by Crippen LogP contribution is -2.36. The molecule has 9 nitrogen and oxygen atoms in total. The smallest absolute Gasteiger partial charge is 0.377 e. The first-order chi connectivity index (χ1) is 10.8. The summed E-state index contributed by atoms with van der Waals surface area (Å²) in [6.07, 6.45) is 1.44. The fourth-order valence-electron chi connectivity index (χ4n) is 1.70. The number of aldehydes is 1. The van der Waals surface area contributed by atoms with Gasteiger partial charge in [0.15, 0.2) is 6.29 Å². The molecule has 0 spiro atoms. The van der Waals surface area contributed by atoms with E-state index in [4.69, 9.17) is 5.11 Å². The van der Waals surface area contributed by atoms with Crippen LogP contribution in [0.25, 0.3) is 0 Å². The number of nitrogens with zero attached hydrogens (tertiary/aromatic N) is 2. The van der Waals surface area contributed by atoms with Gasteiger partial charge in [0.2, 0.25) is 0 Å². The van der Waals surface area contributed by atoms with Crippen molar-refractivity contribution in [2.45, 2.75) is 0 Å². The predicted octanol–water partition coefficient (Wildman–Crippen LogP) is 1.23. The first kappa shape index (κ1) is 16.4. The van der Waals surface area contributed by atoms with Gasteiger partial charge in [-0.05, 0) is 24.3 Å². The van der Waals surface area contributed by atoms with Crippen LogP contribution in [0.4, 0.5) is 11.5 Å². The van der Waals surface area contributed by atoms with Crippen LogP contribution in [0.15, 0.2) is 42.6 Å². The summed E-state index contributed by atoms with van der Waals surface area (Å²) >= 11 is 0. The first-order valence-corrected chi connectivity index (χ1v) is 7.50. The van der Waals surface area contributed by atoms with Crippen molar-refractivity contribution in [3.05, 3.63) is 53.7 Å². The number of aromatic nitrogens is 1. The molecule has 0 unspecified atom stereocenters. The molecule has 0 fully saturated rings. The van der Waals surface area contributed by atoms with Crippen molar-refractivity contribution in [3.8, 4) is 0 Å². The molecule has 0 aliphatic carbocycles. The monoisotopic (exact) mass is 337 g/mol. The van der Waals surface area contributed by atoms with Gasteiger partial charge in [-0.1, -0.05) is 12.1 Å². The van der Waals surface area contributed by atoms with Crippen LogP contribution in [0.5, 0.6) is 0 Å². The fourth-order valence-corrected chi connectivity index (χ4v) is 2.33. The van der Waals surface area contributed by atoms with E-state index < -0.39 is 16.3 Å². The van der Waals surface area contributed by atoms with Crippen molar-refractivity contribution in [1.82, 2.24) is 4.98 Å². The van der Waals surface area contributed by atoms with Crippen LogP contribution in [0, 0.1) is 0 Å². The lowest BCUT2D eigenvalue weighted by Gasteiger charge is -2.23. The molecule has 1 aromatic carbocycles. The average Bonchev–Trinajstić information content (AvgIpc) is 2.52. The number of para-hydroxylation sites is 1. The molecule has 1 aromatic heterocycles. The number of carboxylic acids is 1. The number of anilines is 2. The Hall–Kier alpha value is -2.98. The van der Waals surface area contributed by atoms with Crippen LogP contribution >= 0.6 is 0 Å². The maximum Gasteiger partial charge on any atom is 0.377 e. The number of nitrogens with one attached hydrogen (secondary N) is 1. The van der Waals surface area contributed by atoms with Gasteiger partial charge in [0, 0.05) is 11.8 Å². The Balaban J connectivity index is 2.41. The second-order valence-corrected chi connectivity index (χ2v) is 5.53. The molecule has 0 saturated heterocycles. The molecule has 0 aliphatic rings. The van der Waals surface area contributed by atoms with E-state index in [9.17, 15) is 22.6 Å². The zero-order valence-electron chi connectivity index (χ0n) is 11.4. The van der Waals surface area contributed by atoms with E-state index in [0.29, 0.717) is 10.7 Å². The van der Waals surface area contributed by atoms with Gasteiger partial charge in [-0.15, -0.1) is 0 Å². The number of carbonyl (C=O) groups is 2. The van der Waals surface area contributed by atoms with Gasteiger partial charge in [-0.2, -0.15) is 12.8 Å². The van der Waals surface area contributed by atoms with Crippen molar-refractivity contribution in [2.24, 2.45) is 0 Å². The number of rotatable bonds is 6. The molecule has 0 radical (unpaired) electrons. The third-order valence-corrected chi connectivity index (χ3v) is 3.49. The van der Waals surface area contributed by atoms with Gasteiger partial charge in [0.25, 0.3) is 0 Å². The number of pyridine rings is 1. The van der Waals surface area contributed by atoms with Crippen LogP contribution in [-0.4, -0.2) is 35.3 Å². The highest BCUT2D eigenvalue weighted by Crippen LogP contribution is 2.22. The lowest BCUT2D eigenvalue weighted by atomic mass is 10.2. The van der Waals surface area contributed by atoms with Gasteiger partial charge < -0.3 is 5.11 Å². The van der Waals surface area contributed by atoms with E-state index in [0.717, 1.165) is 6.20 Å². The van der Waals surface area contributed by atoms with Crippen molar-refractivity contribution < 1.29 is 27.7 Å². The van der Waals surface area contributed by atoms with E-state index >= 15 is 0 Å². The number of benzene rings is 1. The molecule has 10 heteroatoms. The second-order valence-electron chi connectivity index (χ2n) is 4.27. The molecule has 23 heavy (non-hydrogen) atoms. The third kappa shape index (κ3) is 3.81. The van der Waals surface area contributed by atoms with Crippen molar-refractivity contribution in [2.75, 3.05) is 9.84 Å². The second kappa shape index (κ2) is 6.42. The quantitative estimate of drug-likeness (QED) is 0.406. The standard InChI is InChI=1S/C13H11N3O6S/c17-8-10-3-1-2-4-11(10)16(23(20,21)22)15-12-6-5-9(7-14-12)13(18)19/h1-8H,(H,14,15)(H,18,19)(H,20,21,22). The Bertz CT molecular complexity index is 835. The van der Waals surface area contributed by atoms with Gasteiger partial charge in [-0.25, -0.2) is 9.78 Å². The highest BCUT2D eigenvalue weighted by atomic mass is 32.2. The minimum atomic E-state index is -4.77. The fraction of sp³-hybridized carbons (Fsp3) is 0. The van der Waals surface area contributed by atoms with Gasteiger partial charge >= 0.3 is 16.3 Å². The summed E-state index contributed by atoms with van der Waals surface area (Å²) in [5.74, 6) is -1.24. The number of carbonyl (C=O) groups excluding carboxylic acids is 1. The van der Waals surface area contributed by atoms with E-state index in [2.05, 4.69) is 10.4 Å². The summed E-state index contributed by atoms with van der Waals surface area (Å²) in [5.41, 5.74) is 2.11. The summed E-state index contributed by atoms with van der Waals surface area (Å²) in [6.45, 7) is 0. The molecule has 0 bridgehead atoms. The highest BCUT2D eigenvalue weighted by molar-refractivity contribution is 7.87. The van der Waals surface area contributed by atoms with Crippen molar-refractivity contribution >= 4 is 34.1 Å². The molecule has 0 saturated carbocycles. The Morgan fingerprint density at radius 1 is 1.22 bits per heavy atom. The average molecular weight is 337 g/mol. The highest BCUT2D eigenvalue weighted by Gasteiger charge is 2.23. The van der Waals surface area contributed by atoms with Crippen LogP contribution in [0.1, 0.15) is 20.7 Å². The Labute approximate surface area is 131 Å². The van der Waals surface area contributed by atoms with Crippen LogP contribution in [0.2, 0.25) is 0 Å². The number of aromatic carboxylic acids is 1. The number of hydrogen-bond donors (Lipinski definition) is 3. The van der Waals surface area contributed by atoms with Crippen molar-refractivity contribution in [1.29, 1.82) is 0 Å². The van der Waals surface area contributed by atoms with E-state index in [1.54, 1.807) is 0 Å². The summed E-state index contributed by atoms with van der Waals surface area (Å²) in [6, 6.07) is 8.08. The van der Waals surface area contributed by atoms with Crippen molar-refractivity contribution in [3.63, 3.8) is 0 Å².